The predicted molar refractivity (Wildman–Crippen MR) is 70.6 cm³/mol. The minimum atomic E-state index is 0.320. The Bertz CT molecular complexity index is 560. The summed E-state index contributed by atoms with van der Waals surface area (Å²) in [5, 5.41) is 9.36. The average molecular weight is 253 g/mol. The van der Waals surface area contributed by atoms with Gasteiger partial charge < -0.3 is 0 Å². The smallest absolute Gasteiger partial charge is 0.195 e. The van der Waals surface area contributed by atoms with Gasteiger partial charge in [-0.05, 0) is 45.5 Å². The van der Waals surface area contributed by atoms with Crippen LogP contribution >= 0.6 is 23.6 Å². The van der Waals surface area contributed by atoms with Crippen LogP contribution in [0.1, 0.15) is 30.3 Å². The number of hydrogen-bond acceptors (Lipinski definition) is 3. The number of aryl methyl sites for hydroxylation is 1. The van der Waals surface area contributed by atoms with Crippen molar-refractivity contribution in [2.75, 3.05) is 0 Å². The minimum Gasteiger partial charge on any atom is -0.298 e. The van der Waals surface area contributed by atoms with Crippen LogP contribution in [0, 0.1) is 18.6 Å². The first-order valence-electron chi connectivity index (χ1n) is 5.24. The number of rotatable bonds is 2. The lowest BCUT2D eigenvalue weighted by atomic mass is 10.1. The van der Waals surface area contributed by atoms with E-state index in [1.807, 2.05) is 0 Å². The van der Waals surface area contributed by atoms with Gasteiger partial charge in [0.15, 0.2) is 10.6 Å². The normalized spacial score (nSPS) is 11.3. The van der Waals surface area contributed by atoms with Gasteiger partial charge in [-0.3, -0.25) is 9.67 Å². The quantitative estimate of drug-likeness (QED) is 0.824. The molecule has 0 saturated heterocycles. The summed E-state index contributed by atoms with van der Waals surface area (Å²) in [5.41, 5.74) is 2.48. The maximum absolute atomic E-state index is 5.25. The van der Waals surface area contributed by atoms with E-state index >= 15 is 0 Å². The van der Waals surface area contributed by atoms with Crippen molar-refractivity contribution in [1.82, 2.24) is 14.8 Å². The van der Waals surface area contributed by atoms with Gasteiger partial charge in [-0.25, -0.2) is 0 Å². The lowest BCUT2D eigenvalue weighted by molar-refractivity contribution is 0.597. The van der Waals surface area contributed by atoms with Crippen LogP contribution in [0.4, 0.5) is 0 Å². The molecule has 2 aromatic heterocycles. The number of aromatic amines is 1. The molecule has 86 valence electrons. The van der Waals surface area contributed by atoms with Crippen molar-refractivity contribution in [1.29, 1.82) is 0 Å². The van der Waals surface area contributed by atoms with Crippen LogP contribution < -0.4 is 0 Å². The molecule has 0 aliphatic carbocycles. The molecule has 0 atom stereocenters. The summed E-state index contributed by atoms with van der Waals surface area (Å²) in [4.78, 5) is 1.33. The zero-order chi connectivity index (χ0) is 11.9. The van der Waals surface area contributed by atoms with Crippen molar-refractivity contribution in [3.63, 3.8) is 0 Å². The molecule has 2 rings (SSSR count). The highest BCUT2D eigenvalue weighted by atomic mass is 32.1. The molecule has 0 aromatic carbocycles. The molecule has 0 aliphatic rings. The average Bonchev–Trinajstić information content (AvgIpc) is 2.72. The Morgan fingerprint density at radius 1 is 1.44 bits per heavy atom. The first-order valence-corrected chi connectivity index (χ1v) is 6.53. The summed E-state index contributed by atoms with van der Waals surface area (Å²) in [6, 6.07) is 0.320. The van der Waals surface area contributed by atoms with Gasteiger partial charge in [0, 0.05) is 21.9 Å². The monoisotopic (exact) mass is 253 g/mol. The molecular formula is C11H15N3S2. The third-order valence-corrected chi connectivity index (χ3v) is 4.05. The second kappa shape index (κ2) is 4.14. The second-order valence-electron chi connectivity index (χ2n) is 4.15. The fourth-order valence-corrected chi connectivity index (χ4v) is 2.91. The third-order valence-electron chi connectivity index (χ3n) is 2.75. The highest BCUT2D eigenvalue weighted by Gasteiger charge is 2.15. The first kappa shape index (κ1) is 11.5. The molecule has 0 saturated carbocycles. The molecule has 2 heterocycles. The van der Waals surface area contributed by atoms with E-state index in [4.69, 9.17) is 12.2 Å². The molecule has 0 radical (unpaired) electrons. The molecule has 1 N–H and O–H groups in total. The maximum atomic E-state index is 5.25. The Morgan fingerprint density at radius 2 is 2.12 bits per heavy atom. The fraction of sp³-hybridized carbons (Fsp3) is 0.455. The standard InChI is InChI=1S/C11H15N3S2/c1-6(2)14-10(12-13-11(14)15)9-5-16-8(4)7(9)3/h5-6H,1-4H3,(H,13,15). The molecule has 2 aromatic rings. The van der Waals surface area contributed by atoms with Crippen LogP contribution in [0.2, 0.25) is 0 Å². The summed E-state index contributed by atoms with van der Waals surface area (Å²) >= 11 is 7.00. The molecule has 0 aliphatic heterocycles. The number of nitrogens with one attached hydrogen (secondary N) is 1. The van der Waals surface area contributed by atoms with Gasteiger partial charge in [0.05, 0.1) is 0 Å². The van der Waals surface area contributed by atoms with E-state index in [0.29, 0.717) is 10.8 Å². The molecule has 0 fully saturated rings. The Kier molecular flexibility index (Phi) is 2.99. The zero-order valence-electron chi connectivity index (χ0n) is 9.87. The Labute approximate surface area is 104 Å². The van der Waals surface area contributed by atoms with Crippen LogP contribution in [-0.2, 0) is 0 Å². The Morgan fingerprint density at radius 3 is 2.62 bits per heavy atom. The van der Waals surface area contributed by atoms with E-state index in [9.17, 15) is 0 Å². The summed E-state index contributed by atoms with van der Waals surface area (Å²) in [7, 11) is 0. The van der Waals surface area contributed by atoms with Crippen LogP contribution in [-0.4, -0.2) is 14.8 Å². The van der Waals surface area contributed by atoms with Gasteiger partial charge in [0.2, 0.25) is 0 Å². The van der Waals surface area contributed by atoms with E-state index in [1.54, 1.807) is 11.3 Å². The topological polar surface area (TPSA) is 33.6 Å². The van der Waals surface area contributed by atoms with E-state index in [2.05, 4.69) is 47.8 Å². The van der Waals surface area contributed by atoms with Gasteiger partial charge in [-0.15, -0.1) is 11.3 Å². The second-order valence-corrected chi connectivity index (χ2v) is 5.62. The van der Waals surface area contributed by atoms with Crippen molar-refractivity contribution in [3.05, 3.63) is 20.6 Å². The molecule has 16 heavy (non-hydrogen) atoms. The molecule has 5 heteroatoms. The fourth-order valence-electron chi connectivity index (χ4n) is 1.71. The van der Waals surface area contributed by atoms with E-state index < -0.39 is 0 Å². The van der Waals surface area contributed by atoms with Crippen molar-refractivity contribution in [2.24, 2.45) is 0 Å². The van der Waals surface area contributed by atoms with Crippen LogP contribution in [0.15, 0.2) is 5.38 Å². The third kappa shape index (κ3) is 1.74. The number of aromatic nitrogens is 3. The molecule has 0 spiro atoms. The lowest BCUT2D eigenvalue weighted by Crippen LogP contribution is -2.03. The van der Waals surface area contributed by atoms with Crippen molar-refractivity contribution in [3.8, 4) is 11.4 Å². The van der Waals surface area contributed by atoms with Gasteiger partial charge in [0.1, 0.15) is 0 Å². The summed E-state index contributed by atoms with van der Waals surface area (Å²) < 4.78 is 2.75. The first-order chi connectivity index (χ1) is 7.52. The SMILES string of the molecule is Cc1scc(-c2n[nH]c(=S)n2C(C)C)c1C. The highest BCUT2D eigenvalue weighted by Crippen LogP contribution is 2.30. The maximum Gasteiger partial charge on any atom is 0.195 e. The molecule has 0 amide bonds. The molecular weight excluding hydrogens is 238 g/mol. The van der Waals surface area contributed by atoms with Crippen molar-refractivity contribution >= 4 is 23.6 Å². The molecule has 0 unspecified atom stereocenters. The predicted octanol–water partition coefficient (Wildman–Crippen LogP) is 3.87. The summed E-state index contributed by atoms with van der Waals surface area (Å²) in [6.45, 7) is 8.49. The zero-order valence-corrected chi connectivity index (χ0v) is 11.5. The Hall–Kier alpha value is -0.940. The number of H-pyrrole nitrogens is 1. The molecule has 3 nitrogen and oxygen atoms in total. The van der Waals surface area contributed by atoms with Crippen LogP contribution in [0.3, 0.4) is 0 Å². The van der Waals surface area contributed by atoms with Crippen LogP contribution in [0.5, 0.6) is 0 Å². The number of thiophene rings is 1. The van der Waals surface area contributed by atoms with E-state index in [0.717, 1.165) is 5.82 Å². The van der Waals surface area contributed by atoms with Gasteiger partial charge in [0.25, 0.3) is 0 Å². The van der Waals surface area contributed by atoms with Crippen LogP contribution in [0.25, 0.3) is 11.4 Å². The number of hydrogen-bond donors (Lipinski definition) is 1. The summed E-state index contributed by atoms with van der Waals surface area (Å²) in [5.74, 6) is 0.946. The van der Waals surface area contributed by atoms with E-state index in [1.165, 1.54) is 16.0 Å². The van der Waals surface area contributed by atoms with Crippen molar-refractivity contribution < 1.29 is 0 Å². The minimum absolute atomic E-state index is 0.320. The Balaban J connectivity index is 2.65. The van der Waals surface area contributed by atoms with Crippen molar-refractivity contribution in [2.45, 2.75) is 33.7 Å². The van der Waals surface area contributed by atoms with Gasteiger partial charge in [-0.1, -0.05) is 0 Å². The van der Waals surface area contributed by atoms with Gasteiger partial charge in [-0.2, -0.15) is 5.10 Å². The van der Waals surface area contributed by atoms with Gasteiger partial charge >= 0.3 is 0 Å². The van der Waals surface area contributed by atoms with E-state index in [-0.39, 0.29) is 0 Å². The lowest BCUT2D eigenvalue weighted by Gasteiger charge is -2.09. The highest BCUT2D eigenvalue weighted by molar-refractivity contribution is 7.71. The number of nitrogens with zero attached hydrogens (tertiary/aromatic N) is 2. The largest absolute Gasteiger partial charge is 0.298 e. The molecule has 0 bridgehead atoms. The summed E-state index contributed by atoms with van der Waals surface area (Å²) in [6.07, 6.45) is 0.